The summed E-state index contributed by atoms with van der Waals surface area (Å²) in [4.78, 5) is 11.0. The monoisotopic (exact) mass is 297 g/mol. The van der Waals surface area contributed by atoms with Crippen LogP contribution in [0, 0.1) is 5.92 Å². The number of hydrogen-bond acceptors (Lipinski definition) is 5. The molecule has 2 unspecified atom stereocenters. The van der Waals surface area contributed by atoms with E-state index in [-0.39, 0.29) is 23.2 Å². The van der Waals surface area contributed by atoms with Crippen LogP contribution in [0.4, 0.5) is 0 Å². The lowest BCUT2D eigenvalue weighted by Gasteiger charge is -2.23. The first-order valence-corrected chi connectivity index (χ1v) is 6.90. The summed E-state index contributed by atoms with van der Waals surface area (Å²) in [7, 11) is 0. The van der Waals surface area contributed by atoms with Crippen LogP contribution in [-0.2, 0) is 11.2 Å². The minimum Gasteiger partial charge on any atom is -0.508 e. The predicted octanol–water partition coefficient (Wildman–Crippen LogP) is 1.95. The van der Waals surface area contributed by atoms with Crippen LogP contribution in [0.1, 0.15) is 38.7 Å². The molecule has 0 spiro atoms. The first kappa shape index (κ1) is 17.1. The fourth-order valence-electron chi connectivity index (χ4n) is 2.40. The molecule has 0 radical (unpaired) electrons. The molecule has 118 valence electrons. The Hall–Kier alpha value is -1.95. The molecule has 0 aliphatic carbocycles. The molecule has 0 saturated carbocycles. The fraction of sp³-hybridized carbons (Fsp3) is 0.533. The number of nitrogens with two attached hydrogens (primary N) is 1. The Morgan fingerprint density at radius 1 is 1.29 bits per heavy atom. The highest BCUT2D eigenvalue weighted by Crippen LogP contribution is 2.36. The van der Waals surface area contributed by atoms with Crippen molar-refractivity contribution in [1.29, 1.82) is 0 Å². The van der Waals surface area contributed by atoms with Gasteiger partial charge in [0.25, 0.3) is 0 Å². The molecule has 6 nitrogen and oxygen atoms in total. The fourth-order valence-corrected chi connectivity index (χ4v) is 2.40. The smallest absolute Gasteiger partial charge is 0.323 e. The van der Waals surface area contributed by atoms with Crippen molar-refractivity contribution in [3.8, 4) is 17.2 Å². The number of carboxylic acids is 1. The van der Waals surface area contributed by atoms with E-state index in [4.69, 9.17) is 10.8 Å². The van der Waals surface area contributed by atoms with Crippen LogP contribution >= 0.6 is 0 Å². The van der Waals surface area contributed by atoms with Gasteiger partial charge in [0.05, 0.1) is 0 Å². The van der Waals surface area contributed by atoms with E-state index in [1.165, 1.54) is 19.1 Å². The lowest BCUT2D eigenvalue weighted by atomic mass is 9.87. The Morgan fingerprint density at radius 3 is 2.43 bits per heavy atom. The van der Waals surface area contributed by atoms with Gasteiger partial charge in [0.15, 0.2) is 11.5 Å². The van der Waals surface area contributed by atoms with Crippen LogP contribution in [0.3, 0.4) is 0 Å². The van der Waals surface area contributed by atoms with Crippen LogP contribution < -0.4 is 5.73 Å². The summed E-state index contributed by atoms with van der Waals surface area (Å²) in [5.74, 6) is -1.57. The Bertz CT molecular complexity index is 513. The average molecular weight is 297 g/mol. The first-order valence-electron chi connectivity index (χ1n) is 6.90. The molecule has 0 saturated heterocycles. The van der Waals surface area contributed by atoms with E-state index < -0.39 is 11.5 Å². The van der Waals surface area contributed by atoms with Gasteiger partial charge in [0.2, 0.25) is 0 Å². The molecule has 6 heteroatoms. The largest absolute Gasteiger partial charge is 0.508 e. The normalized spacial score (nSPS) is 15.4. The highest BCUT2D eigenvalue weighted by molar-refractivity contribution is 5.77. The van der Waals surface area contributed by atoms with Gasteiger partial charge in [0.1, 0.15) is 11.3 Å². The third-order valence-electron chi connectivity index (χ3n) is 3.62. The van der Waals surface area contributed by atoms with Crippen molar-refractivity contribution in [3.05, 3.63) is 17.7 Å². The van der Waals surface area contributed by atoms with Gasteiger partial charge in [-0.15, -0.1) is 0 Å². The van der Waals surface area contributed by atoms with E-state index in [9.17, 15) is 20.1 Å². The molecule has 0 aromatic heterocycles. The second-order valence-electron chi connectivity index (χ2n) is 5.86. The number of carbonyl (C=O) groups is 1. The summed E-state index contributed by atoms with van der Waals surface area (Å²) < 4.78 is 0. The van der Waals surface area contributed by atoms with Crippen molar-refractivity contribution in [1.82, 2.24) is 0 Å². The van der Waals surface area contributed by atoms with Crippen molar-refractivity contribution in [2.45, 2.75) is 45.1 Å². The molecule has 0 aliphatic rings. The Labute approximate surface area is 123 Å². The highest BCUT2D eigenvalue weighted by Gasteiger charge is 2.29. The van der Waals surface area contributed by atoms with Crippen molar-refractivity contribution in [2.24, 2.45) is 11.7 Å². The minimum atomic E-state index is -1.26. The van der Waals surface area contributed by atoms with Gasteiger partial charge in [-0.3, -0.25) is 4.79 Å². The molecule has 1 aromatic carbocycles. The number of phenolic OH excluding ortho intramolecular Hbond substituents is 3. The summed E-state index contributed by atoms with van der Waals surface area (Å²) in [5, 5.41) is 37.7. The van der Waals surface area contributed by atoms with E-state index in [1.54, 1.807) is 0 Å². The lowest BCUT2D eigenvalue weighted by molar-refractivity contribution is -0.143. The number of hydrogen-bond donors (Lipinski definition) is 5. The summed E-state index contributed by atoms with van der Waals surface area (Å²) in [6.45, 7) is 3.40. The van der Waals surface area contributed by atoms with Crippen molar-refractivity contribution in [3.63, 3.8) is 0 Å². The Balaban J connectivity index is 2.55. The topological polar surface area (TPSA) is 124 Å². The molecule has 1 aromatic rings. The molecule has 0 bridgehead atoms. The SMILES string of the molecule is CC(CCCc1c(O)ccc(O)c1O)CC(C)(N)C(=O)O. The molecule has 2 atom stereocenters. The van der Waals surface area contributed by atoms with Gasteiger partial charge in [-0.1, -0.05) is 13.3 Å². The van der Waals surface area contributed by atoms with Crippen LogP contribution in [0.5, 0.6) is 17.2 Å². The van der Waals surface area contributed by atoms with Gasteiger partial charge in [0, 0.05) is 5.56 Å². The molecule has 1 rings (SSSR count). The summed E-state index contributed by atoms with van der Waals surface area (Å²) >= 11 is 0. The second kappa shape index (κ2) is 6.67. The van der Waals surface area contributed by atoms with Crippen LogP contribution in [-0.4, -0.2) is 31.9 Å². The van der Waals surface area contributed by atoms with E-state index in [0.717, 1.165) is 0 Å². The van der Waals surface area contributed by atoms with E-state index in [1.807, 2.05) is 6.92 Å². The van der Waals surface area contributed by atoms with Crippen LogP contribution in [0.2, 0.25) is 0 Å². The second-order valence-corrected chi connectivity index (χ2v) is 5.86. The van der Waals surface area contributed by atoms with Gasteiger partial charge in [-0.25, -0.2) is 0 Å². The maximum absolute atomic E-state index is 11.0. The molecule has 0 heterocycles. The van der Waals surface area contributed by atoms with Crippen molar-refractivity contribution < 1.29 is 25.2 Å². The lowest BCUT2D eigenvalue weighted by Crippen LogP contribution is -2.46. The molecule has 21 heavy (non-hydrogen) atoms. The van der Waals surface area contributed by atoms with E-state index in [2.05, 4.69) is 0 Å². The number of benzene rings is 1. The number of rotatable bonds is 7. The highest BCUT2D eigenvalue weighted by atomic mass is 16.4. The molecule has 0 aliphatic heterocycles. The van der Waals surface area contributed by atoms with Crippen LogP contribution in [0.25, 0.3) is 0 Å². The molecular weight excluding hydrogens is 274 g/mol. The quantitative estimate of drug-likeness (QED) is 0.387. The summed E-state index contributed by atoms with van der Waals surface area (Å²) in [6, 6.07) is 2.55. The predicted molar refractivity (Wildman–Crippen MR) is 78.4 cm³/mol. The maximum Gasteiger partial charge on any atom is 0.323 e. The summed E-state index contributed by atoms with van der Waals surface area (Å²) in [6.07, 6.45) is 2.08. The van der Waals surface area contributed by atoms with Crippen LogP contribution in [0.15, 0.2) is 12.1 Å². The molecule has 0 fully saturated rings. The Kier molecular flexibility index (Phi) is 5.43. The van der Waals surface area contributed by atoms with Gasteiger partial charge in [-0.05, 0) is 44.2 Å². The maximum atomic E-state index is 11.0. The first-order chi connectivity index (χ1) is 9.65. The molecule has 6 N–H and O–H groups in total. The molecule has 0 amide bonds. The zero-order valence-electron chi connectivity index (χ0n) is 12.3. The number of aliphatic carboxylic acids is 1. The van der Waals surface area contributed by atoms with E-state index in [0.29, 0.717) is 31.2 Å². The Morgan fingerprint density at radius 2 is 1.86 bits per heavy atom. The van der Waals surface area contributed by atoms with Gasteiger partial charge in [-0.2, -0.15) is 0 Å². The molecular formula is C15H23NO5. The third-order valence-corrected chi connectivity index (χ3v) is 3.62. The third kappa shape index (κ3) is 4.53. The average Bonchev–Trinajstić information content (AvgIpc) is 2.37. The van der Waals surface area contributed by atoms with Crippen molar-refractivity contribution in [2.75, 3.05) is 0 Å². The standard InChI is InChI=1S/C15H23NO5/c1-9(8-15(2,16)14(20)21)4-3-5-10-11(17)6-7-12(18)13(10)19/h6-7,9,17-19H,3-5,8,16H2,1-2H3,(H,20,21). The number of carboxylic acid groups (broad SMARTS) is 1. The summed E-state index contributed by atoms with van der Waals surface area (Å²) in [5.41, 5.74) is 4.75. The van der Waals surface area contributed by atoms with Gasteiger partial charge >= 0.3 is 5.97 Å². The van der Waals surface area contributed by atoms with E-state index >= 15 is 0 Å². The number of phenols is 3. The zero-order valence-corrected chi connectivity index (χ0v) is 12.3. The zero-order chi connectivity index (χ0) is 16.2. The minimum absolute atomic E-state index is 0.0628. The number of aromatic hydroxyl groups is 3. The van der Waals surface area contributed by atoms with Gasteiger partial charge < -0.3 is 26.2 Å². The van der Waals surface area contributed by atoms with Crippen molar-refractivity contribution >= 4 is 5.97 Å².